The fourth-order valence-corrected chi connectivity index (χ4v) is 3.53. The summed E-state index contributed by atoms with van der Waals surface area (Å²) < 4.78 is 25.8. The van der Waals surface area contributed by atoms with Gasteiger partial charge in [0.25, 0.3) is 5.56 Å². The molecule has 1 fully saturated rings. The molecular formula is C13H16N4O3S. The van der Waals surface area contributed by atoms with Crippen LogP contribution in [0, 0.1) is 0 Å². The summed E-state index contributed by atoms with van der Waals surface area (Å²) in [6, 6.07) is 6.98. The lowest BCUT2D eigenvalue weighted by molar-refractivity contribution is 0.252. The molecule has 112 valence electrons. The zero-order valence-electron chi connectivity index (χ0n) is 11.6. The fraction of sp³-hybridized carbons (Fsp3) is 0.462. The summed E-state index contributed by atoms with van der Waals surface area (Å²) in [6.07, 6.45) is 2.34. The summed E-state index contributed by atoms with van der Waals surface area (Å²) in [4.78, 5) is 12.4. The quantitative estimate of drug-likeness (QED) is 0.801. The Morgan fingerprint density at radius 1 is 1.19 bits per heavy atom. The van der Waals surface area contributed by atoms with Crippen LogP contribution in [-0.2, 0) is 10.0 Å². The van der Waals surface area contributed by atoms with E-state index in [-0.39, 0.29) is 11.6 Å². The fourth-order valence-electron chi connectivity index (χ4n) is 2.66. The lowest BCUT2D eigenvalue weighted by atomic mass is 10.1. The molecule has 0 saturated carbocycles. The van der Waals surface area contributed by atoms with Crippen LogP contribution in [0.5, 0.6) is 0 Å². The first-order valence-corrected chi connectivity index (χ1v) is 8.61. The number of sulfonamides is 1. The SMILES string of the molecule is CS(=O)(=O)N1CCC(n2nnc3ccccc3c2=O)CC1. The van der Waals surface area contributed by atoms with E-state index in [1.807, 2.05) is 6.07 Å². The van der Waals surface area contributed by atoms with Crippen molar-refractivity contribution in [2.24, 2.45) is 0 Å². The summed E-state index contributed by atoms with van der Waals surface area (Å²) in [5.74, 6) is 0. The Bertz CT molecular complexity index is 823. The normalized spacial score (nSPS) is 18.1. The number of piperidine rings is 1. The van der Waals surface area contributed by atoms with E-state index in [0.29, 0.717) is 36.8 Å². The molecule has 7 nitrogen and oxygen atoms in total. The third kappa shape index (κ3) is 2.68. The standard InChI is InChI=1S/C13H16N4O3S/c1-21(19,20)16-8-6-10(7-9-16)17-13(18)11-4-2-3-5-12(11)14-15-17/h2-5,10H,6-9H2,1H3. The molecule has 2 heterocycles. The van der Waals surface area contributed by atoms with Gasteiger partial charge in [0.1, 0.15) is 5.52 Å². The molecule has 1 aliphatic rings. The number of benzene rings is 1. The van der Waals surface area contributed by atoms with E-state index in [4.69, 9.17) is 0 Å². The lowest BCUT2D eigenvalue weighted by Gasteiger charge is -2.30. The van der Waals surface area contributed by atoms with Crippen LogP contribution in [0.15, 0.2) is 29.1 Å². The Hall–Kier alpha value is -1.80. The van der Waals surface area contributed by atoms with E-state index in [9.17, 15) is 13.2 Å². The predicted molar refractivity (Wildman–Crippen MR) is 78.5 cm³/mol. The zero-order valence-corrected chi connectivity index (χ0v) is 12.5. The molecule has 21 heavy (non-hydrogen) atoms. The second-order valence-corrected chi connectivity index (χ2v) is 7.23. The summed E-state index contributed by atoms with van der Waals surface area (Å²) in [7, 11) is -3.17. The minimum Gasteiger partial charge on any atom is -0.267 e. The smallest absolute Gasteiger partial charge is 0.267 e. The largest absolute Gasteiger partial charge is 0.277 e. The molecule has 2 aromatic rings. The van der Waals surface area contributed by atoms with Gasteiger partial charge in [0.2, 0.25) is 10.0 Å². The highest BCUT2D eigenvalue weighted by Crippen LogP contribution is 2.22. The molecule has 3 rings (SSSR count). The van der Waals surface area contributed by atoms with Gasteiger partial charge in [-0.25, -0.2) is 17.4 Å². The Kier molecular flexibility index (Phi) is 3.50. The molecule has 0 N–H and O–H groups in total. The van der Waals surface area contributed by atoms with Crippen LogP contribution in [0.3, 0.4) is 0 Å². The van der Waals surface area contributed by atoms with Crippen molar-refractivity contribution in [3.63, 3.8) is 0 Å². The molecule has 1 aliphatic heterocycles. The average molecular weight is 308 g/mol. The number of aromatic nitrogens is 3. The second-order valence-electron chi connectivity index (χ2n) is 5.25. The van der Waals surface area contributed by atoms with Gasteiger partial charge in [-0.05, 0) is 25.0 Å². The van der Waals surface area contributed by atoms with Gasteiger partial charge in [-0.15, -0.1) is 5.10 Å². The van der Waals surface area contributed by atoms with Gasteiger partial charge in [0, 0.05) is 13.1 Å². The zero-order chi connectivity index (χ0) is 15.0. The van der Waals surface area contributed by atoms with Crippen LogP contribution < -0.4 is 5.56 Å². The Morgan fingerprint density at radius 3 is 2.52 bits per heavy atom. The molecule has 0 aliphatic carbocycles. The van der Waals surface area contributed by atoms with Gasteiger partial charge < -0.3 is 0 Å². The van der Waals surface area contributed by atoms with Gasteiger partial charge in [-0.2, -0.15) is 0 Å². The van der Waals surface area contributed by atoms with E-state index in [0.717, 1.165) is 0 Å². The number of nitrogens with zero attached hydrogens (tertiary/aromatic N) is 4. The number of hydrogen-bond acceptors (Lipinski definition) is 5. The van der Waals surface area contributed by atoms with Crippen LogP contribution in [0.25, 0.3) is 10.9 Å². The first kappa shape index (κ1) is 14.2. The maximum atomic E-state index is 12.4. The lowest BCUT2D eigenvalue weighted by Crippen LogP contribution is -2.41. The van der Waals surface area contributed by atoms with E-state index in [1.165, 1.54) is 15.2 Å². The molecule has 0 unspecified atom stereocenters. The Balaban J connectivity index is 1.89. The van der Waals surface area contributed by atoms with Gasteiger partial charge >= 0.3 is 0 Å². The Morgan fingerprint density at radius 2 is 1.86 bits per heavy atom. The van der Waals surface area contributed by atoms with Crippen molar-refractivity contribution in [1.82, 2.24) is 19.3 Å². The van der Waals surface area contributed by atoms with Crippen molar-refractivity contribution in [1.29, 1.82) is 0 Å². The van der Waals surface area contributed by atoms with Gasteiger partial charge in [0.05, 0.1) is 17.7 Å². The van der Waals surface area contributed by atoms with E-state index < -0.39 is 10.0 Å². The highest BCUT2D eigenvalue weighted by Gasteiger charge is 2.27. The minimum absolute atomic E-state index is 0.104. The maximum absolute atomic E-state index is 12.4. The molecule has 8 heteroatoms. The highest BCUT2D eigenvalue weighted by atomic mass is 32.2. The summed E-state index contributed by atoms with van der Waals surface area (Å²) in [6.45, 7) is 0.814. The summed E-state index contributed by atoms with van der Waals surface area (Å²) in [5.41, 5.74) is 0.408. The van der Waals surface area contributed by atoms with Gasteiger partial charge in [-0.1, -0.05) is 17.3 Å². The molecular weight excluding hydrogens is 292 g/mol. The maximum Gasteiger partial charge on any atom is 0.277 e. The molecule has 1 aromatic heterocycles. The van der Waals surface area contributed by atoms with E-state index >= 15 is 0 Å². The second kappa shape index (κ2) is 5.19. The molecule has 1 saturated heterocycles. The first-order valence-electron chi connectivity index (χ1n) is 6.76. The van der Waals surface area contributed by atoms with Crippen LogP contribution >= 0.6 is 0 Å². The molecule has 0 amide bonds. The van der Waals surface area contributed by atoms with Crippen molar-refractivity contribution in [2.75, 3.05) is 19.3 Å². The molecule has 1 aromatic carbocycles. The van der Waals surface area contributed by atoms with E-state index in [2.05, 4.69) is 10.3 Å². The van der Waals surface area contributed by atoms with Crippen molar-refractivity contribution >= 4 is 20.9 Å². The Labute approximate surface area is 122 Å². The van der Waals surface area contributed by atoms with Gasteiger partial charge in [0.15, 0.2) is 0 Å². The van der Waals surface area contributed by atoms with Crippen molar-refractivity contribution < 1.29 is 8.42 Å². The highest BCUT2D eigenvalue weighted by molar-refractivity contribution is 7.88. The number of rotatable bonds is 2. The first-order chi connectivity index (χ1) is 9.97. The number of fused-ring (bicyclic) bond motifs is 1. The third-order valence-corrected chi connectivity index (χ3v) is 5.13. The molecule has 0 spiro atoms. The van der Waals surface area contributed by atoms with Crippen molar-refractivity contribution in [3.05, 3.63) is 34.6 Å². The predicted octanol–water partition coefficient (Wildman–Crippen LogP) is 0.388. The van der Waals surface area contributed by atoms with E-state index in [1.54, 1.807) is 18.2 Å². The molecule has 0 atom stereocenters. The van der Waals surface area contributed by atoms with Crippen LogP contribution in [-0.4, -0.2) is 47.1 Å². The molecule has 0 bridgehead atoms. The van der Waals surface area contributed by atoms with Crippen LogP contribution in [0.1, 0.15) is 18.9 Å². The van der Waals surface area contributed by atoms with Crippen molar-refractivity contribution in [2.45, 2.75) is 18.9 Å². The molecule has 0 radical (unpaired) electrons. The summed E-state index contributed by atoms with van der Waals surface area (Å²) in [5, 5.41) is 8.61. The number of hydrogen-bond donors (Lipinski definition) is 0. The monoisotopic (exact) mass is 308 g/mol. The average Bonchev–Trinajstić information content (AvgIpc) is 2.47. The van der Waals surface area contributed by atoms with Gasteiger partial charge in [-0.3, -0.25) is 4.79 Å². The minimum atomic E-state index is -3.17. The van der Waals surface area contributed by atoms with Crippen molar-refractivity contribution in [3.8, 4) is 0 Å². The third-order valence-electron chi connectivity index (χ3n) is 3.83. The van der Waals surface area contributed by atoms with Crippen LogP contribution in [0.4, 0.5) is 0 Å². The summed E-state index contributed by atoms with van der Waals surface area (Å²) >= 11 is 0. The van der Waals surface area contributed by atoms with Crippen LogP contribution in [0.2, 0.25) is 0 Å². The topological polar surface area (TPSA) is 85.2 Å².